The molecule has 0 saturated carbocycles. The smallest absolute Gasteiger partial charge is 0.254 e. The van der Waals surface area contributed by atoms with Gasteiger partial charge in [-0.15, -0.1) is 0 Å². The largest absolute Gasteiger partial charge is 0.368 e. The van der Waals surface area contributed by atoms with E-state index in [0.29, 0.717) is 12.3 Å². The fourth-order valence-electron chi connectivity index (χ4n) is 3.10. The molecule has 3 aromatic rings. The molecule has 0 bridgehead atoms. The highest BCUT2D eigenvalue weighted by molar-refractivity contribution is 6.31. The number of aryl methyl sites for hydroxylation is 1. The van der Waals surface area contributed by atoms with Crippen LogP contribution in [0, 0.1) is 6.92 Å². The predicted octanol–water partition coefficient (Wildman–Crippen LogP) is 3.58. The number of likely N-dealkylation sites (N-methyl/N-ethyl adjacent to an activating group) is 1. The third-order valence-electron chi connectivity index (χ3n) is 4.37. The van der Waals surface area contributed by atoms with Crippen molar-refractivity contribution in [3.8, 4) is 0 Å². The molecule has 2 heterocycles. The van der Waals surface area contributed by atoms with Gasteiger partial charge in [0.15, 0.2) is 0 Å². The maximum atomic E-state index is 6.47. The topological polar surface area (TPSA) is 58.3 Å². The van der Waals surface area contributed by atoms with E-state index in [-0.39, 0.29) is 6.04 Å². The van der Waals surface area contributed by atoms with E-state index in [1.54, 1.807) is 4.52 Å². The number of rotatable bonds is 7. The first kappa shape index (κ1) is 17.6. The summed E-state index contributed by atoms with van der Waals surface area (Å²) in [5, 5.41) is 8.55. The molecular formula is C18H23ClN6. The predicted molar refractivity (Wildman–Crippen MR) is 101 cm³/mol. The van der Waals surface area contributed by atoms with E-state index in [9.17, 15) is 0 Å². The Balaban J connectivity index is 1.90. The van der Waals surface area contributed by atoms with Crippen molar-refractivity contribution in [3.63, 3.8) is 0 Å². The van der Waals surface area contributed by atoms with Crippen LogP contribution in [0.15, 0.2) is 36.7 Å². The van der Waals surface area contributed by atoms with E-state index in [2.05, 4.69) is 45.2 Å². The summed E-state index contributed by atoms with van der Waals surface area (Å²) in [6.45, 7) is 8.89. The Morgan fingerprint density at radius 1 is 1.24 bits per heavy atom. The van der Waals surface area contributed by atoms with Crippen LogP contribution in [0.2, 0.25) is 5.02 Å². The number of nitrogens with zero attached hydrogens (tertiary/aromatic N) is 5. The quantitative estimate of drug-likeness (QED) is 0.699. The zero-order valence-electron chi connectivity index (χ0n) is 14.8. The molecule has 2 aromatic heterocycles. The first-order chi connectivity index (χ1) is 12.1. The van der Waals surface area contributed by atoms with Crippen molar-refractivity contribution < 1.29 is 0 Å². The first-order valence-corrected chi connectivity index (χ1v) is 8.91. The second-order valence-electron chi connectivity index (χ2n) is 5.89. The van der Waals surface area contributed by atoms with Gasteiger partial charge in [-0.05, 0) is 31.6 Å². The Morgan fingerprint density at radius 2 is 2.00 bits per heavy atom. The van der Waals surface area contributed by atoms with E-state index < -0.39 is 0 Å². The number of nitrogens with one attached hydrogen (secondary N) is 1. The average Bonchev–Trinajstić information content (AvgIpc) is 3.07. The molecule has 1 N–H and O–H groups in total. The molecule has 0 fully saturated rings. The molecule has 0 saturated heterocycles. The second kappa shape index (κ2) is 7.80. The molecule has 25 heavy (non-hydrogen) atoms. The van der Waals surface area contributed by atoms with Crippen LogP contribution in [0.25, 0.3) is 5.78 Å². The van der Waals surface area contributed by atoms with Crippen LogP contribution < -0.4 is 5.32 Å². The van der Waals surface area contributed by atoms with Crippen molar-refractivity contribution in [1.82, 2.24) is 24.5 Å². The van der Waals surface area contributed by atoms with Crippen molar-refractivity contribution in [3.05, 3.63) is 52.9 Å². The number of aromatic nitrogens is 4. The number of halogens is 1. The van der Waals surface area contributed by atoms with Crippen LogP contribution in [-0.2, 0) is 0 Å². The van der Waals surface area contributed by atoms with Crippen LogP contribution >= 0.6 is 11.6 Å². The van der Waals surface area contributed by atoms with E-state index in [4.69, 9.17) is 11.6 Å². The van der Waals surface area contributed by atoms with Crippen LogP contribution in [0.3, 0.4) is 0 Å². The summed E-state index contributed by atoms with van der Waals surface area (Å²) >= 11 is 6.47. The maximum Gasteiger partial charge on any atom is 0.254 e. The molecule has 132 valence electrons. The summed E-state index contributed by atoms with van der Waals surface area (Å²) in [7, 11) is 0. The summed E-state index contributed by atoms with van der Waals surface area (Å²) in [6.07, 6.45) is 1.52. The fraction of sp³-hybridized carbons (Fsp3) is 0.389. The molecule has 7 heteroatoms. The minimum absolute atomic E-state index is 0.163. The fourth-order valence-corrected chi connectivity index (χ4v) is 3.36. The van der Waals surface area contributed by atoms with Gasteiger partial charge in [0, 0.05) is 23.3 Å². The van der Waals surface area contributed by atoms with Crippen LogP contribution in [0.4, 0.5) is 5.82 Å². The Morgan fingerprint density at radius 3 is 2.72 bits per heavy atom. The van der Waals surface area contributed by atoms with Gasteiger partial charge in [-0.3, -0.25) is 4.90 Å². The summed E-state index contributed by atoms with van der Waals surface area (Å²) in [4.78, 5) is 10.9. The highest BCUT2D eigenvalue weighted by Gasteiger charge is 2.20. The Kier molecular flexibility index (Phi) is 5.50. The molecule has 0 aliphatic heterocycles. The van der Waals surface area contributed by atoms with E-state index in [0.717, 1.165) is 35.2 Å². The number of fused-ring (bicyclic) bond motifs is 1. The zero-order valence-corrected chi connectivity index (χ0v) is 15.5. The van der Waals surface area contributed by atoms with Gasteiger partial charge >= 0.3 is 0 Å². The highest BCUT2D eigenvalue weighted by Crippen LogP contribution is 2.28. The van der Waals surface area contributed by atoms with Crippen LogP contribution in [0.5, 0.6) is 0 Å². The molecule has 3 rings (SSSR count). The molecule has 0 spiro atoms. The normalized spacial score (nSPS) is 12.7. The maximum absolute atomic E-state index is 6.47. The molecule has 0 aliphatic rings. The van der Waals surface area contributed by atoms with Crippen molar-refractivity contribution in [2.24, 2.45) is 0 Å². The Bertz CT molecular complexity index is 842. The van der Waals surface area contributed by atoms with E-state index >= 15 is 0 Å². The minimum atomic E-state index is 0.163. The average molecular weight is 359 g/mol. The van der Waals surface area contributed by atoms with Crippen LogP contribution in [-0.4, -0.2) is 44.1 Å². The Hall–Kier alpha value is -2.18. The highest BCUT2D eigenvalue weighted by atomic mass is 35.5. The number of hydrogen-bond donors (Lipinski definition) is 1. The molecule has 0 radical (unpaired) electrons. The number of hydrogen-bond acceptors (Lipinski definition) is 5. The standard InChI is InChI=1S/C18H23ClN6/c1-4-24(5-2)16(14-8-6-7-9-15(14)19)11-20-17-10-13(3)23-18-21-12-22-25(17)18/h6-10,12,16,20H,4-5,11H2,1-3H3. The van der Waals surface area contributed by atoms with Gasteiger partial charge < -0.3 is 5.32 Å². The van der Waals surface area contributed by atoms with Crippen molar-refractivity contribution in [2.45, 2.75) is 26.8 Å². The number of benzene rings is 1. The molecule has 6 nitrogen and oxygen atoms in total. The molecular weight excluding hydrogens is 336 g/mol. The molecule has 1 aromatic carbocycles. The molecule has 0 aliphatic carbocycles. The second-order valence-corrected chi connectivity index (χ2v) is 6.30. The van der Waals surface area contributed by atoms with Gasteiger partial charge in [0.25, 0.3) is 5.78 Å². The van der Waals surface area contributed by atoms with E-state index in [1.165, 1.54) is 6.33 Å². The van der Waals surface area contributed by atoms with Crippen molar-refractivity contribution in [2.75, 3.05) is 25.0 Å². The molecule has 0 amide bonds. The van der Waals surface area contributed by atoms with Gasteiger partial charge in [-0.25, -0.2) is 4.98 Å². The summed E-state index contributed by atoms with van der Waals surface area (Å²) < 4.78 is 1.72. The van der Waals surface area contributed by atoms with Gasteiger partial charge in [-0.2, -0.15) is 14.6 Å². The van der Waals surface area contributed by atoms with Gasteiger partial charge in [0.2, 0.25) is 0 Å². The van der Waals surface area contributed by atoms with Gasteiger partial charge in [0.05, 0.1) is 6.04 Å². The third-order valence-corrected chi connectivity index (χ3v) is 4.72. The van der Waals surface area contributed by atoms with Crippen LogP contribution in [0.1, 0.15) is 31.1 Å². The lowest BCUT2D eigenvalue weighted by Gasteiger charge is -2.31. The van der Waals surface area contributed by atoms with Crippen molar-refractivity contribution >= 4 is 23.2 Å². The summed E-state index contributed by atoms with van der Waals surface area (Å²) in [6, 6.07) is 10.2. The van der Waals surface area contributed by atoms with Gasteiger partial charge in [-0.1, -0.05) is 43.6 Å². The SMILES string of the molecule is CCN(CC)C(CNc1cc(C)nc2ncnn12)c1ccccc1Cl. The summed E-state index contributed by atoms with van der Waals surface area (Å²) in [5.41, 5.74) is 2.03. The lowest BCUT2D eigenvalue weighted by molar-refractivity contribution is 0.228. The Labute approximate surface area is 152 Å². The van der Waals surface area contributed by atoms with Crippen molar-refractivity contribution in [1.29, 1.82) is 0 Å². The molecule has 1 atom stereocenters. The summed E-state index contributed by atoms with van der Waals surface area (Å²) in [5.74, 6) is 1.48. The lowest BCUT2D eigenvalue weighted by atomic mass is 10.0. The van der Waals surface area contributed by atoms with E-state index in [1.807, 2.05) is 31.2 Å². The lowest BCUT2D eigenvalue weighted by Crippen LogP contribution is -2.33. The first-order valence-electron chi connectivity index (χ1n) is 8.53. The molecule has 1 unspecified atom stereocenters. The number of anilines is 1. The third kappa shape index (κ3) is 3.75. The monoisotopic (exact) mass is 358 g/mol. The van der Waals surface area contributed by atoms with Gasteiger partial charge in [0.1, 0.15) is 12.1 Å². The minimum Gasteiger partial charge on any atom is -0.368 e. The zero-order chi connectivity index (χ0) is 17.8.